The Morgan fingerprint density at radius 1 is 1.80 bits per heavy atom. The van der Waals surface area contributed by atoms with Crippen LogP contribution in [-0.4, -0.2) is 17.3 Å². The van der Waals surface area contributed by atoms with Crippen molar-refractivity contribution in [1.82, 2.24) is 0 Å². The zero-order valence-corrected chi connectivity index (χ0v) is 2.89. The van der Waals surface area contributed by atoms with Crippen LogP contribution in [0.4, 0.5) is 0 Å². The van der Waals surface area contributed by atoms with Gasteiger partial charge in [0, 0.05) is 6.04 Å². The summed E-state index contributed by atoms with van der Waals surface area (Å²) >= 11 is 0. The van der Waals surface area contributed by atoms with E-state index in [1.807, 2.05) is 0 Å². The van der Waals surface area contributed by atoms with Crippen molar-refractivity contribution in [3.05, 3.63) is 0 Å². The molecule has 30 valence electrons. The second kappa shape index (κ2) is 0.698. The van der Waals surface area contributed by atoms with Crippen LogP contribution in [0.1, 0.15) is 6.42 Å². The van der Waals surface area contributed by atoms with Gasteiger partial charge in [-0.3, -0.25) is 0 Å². The van der Waals surface area contributed by atoms with Crippen LogP contribution in [-0.2, 0) is 0 Å². The van der Waals surface area contributed by atoms with Gasteiger partial charge >= 0.3 is 0 Å². The topological polar surface area (TPSA) is 46.2 Å². The number of hydrogen-bond donors (Lipinski definition) is 2. The minimum Gasteiger partial charge on any atom is -0.391 e. The summed E-state index contributed by atoms with van der Waals surface area (Å²) in [4.78, 5) is 0. The van der Waals surface area contributed by atoms with Gasteiger partial charge in [-0.2, -0.15) is 0 Å². The molecule has 1 rings (SSSR count). The van der Waals surface area contributed by atoms with E-state index in [2.05, 4.69) is 0 Å². The minimum absolute atomic E-state index is 0.106. The second-order valence-electron chi connectivity index (χ2n) is 1.47. The summed E-state index contributed by atoms with van der Waals surface area (Å²) in [5.74, 6) is 0. The van der Waals surface area contributed by atoms with Crippen LogP contribution in [0.5, 0.6) is 0 Å². The van der Waals surface area contributed by atoms with E-state index in [1.54, 1.807) is 0 Å². The lowest BCUT2D eigenvalue weighted by Crippen LogP contribution is -2.03. The van der Waals surface area contributed by atoms with E-state index in [-0.39, 0.29) is 12.1 Å². The Morgan fingerprint density at radius 3 is 2.00 bits per heavy atom. The Bertz CT molecular complexity index is 40.2. The van der Waals surface area contributed by atoms with Crippen molar-refractivity contribution in [3.63, 3.8) is 0 Å². The molecule has 0 aliphatic heterocycles. The predicted octanol–water partition coefficient (Wildman–Crippen LogP) is -0.922. The van der Waals surface area contributed by atoms with Gasteiger partial charge in [0.15, 0.2) is 0 Å². The molecule has 0 aromatic heterocycles. The standard InChI is InChI=1S/C3H7NO/c4-2-1-3(2)5/h2-3,5H,1,4H2/t2-,3+/m0/s1. The third-order valence-corrected chi connectivity index (χ3v) is 0.805. The van der Waals surface area contributed by atoms with Crippen LogP contribution in [0, 0.1) is 0 Å². The van der Waals surface area contributed by atoms with E-state index >= 15 is 0 Å². The summed E-state index contributed by atoms with van der Waals surface area (Å²) in [6.07, 6.45) is 0.634. The number of nitrogens with two attached hydrogens (primary N) is 1. The van der Waals surface area contributed by atoms with Crippen LogP contribution in [0.2, 0.25) is 0 Å². The van der Waals surface area contributed by atoms with E-state index in [4.69, 9.17) is 10.8 Å². The highest BCUT2D eigenvalue weighted by atomic mass is 16.3. The van der Waals surface area contributed by atoms with E-state index in [1.165, 1.54) is 0 Å². The van der Waals surface area contributed by atoms with Crippen LogP contribution in [0.15, 0.2) is 0 Å². The molecular formula is C3H7NO. The van der Waals surface area contributed by atoms with E-state index in [0.29, 0.717) is 0 Å². The van der Waals surface area contributed by atoms with Crippen molar-refractivity contribution in [2.45, 2.75) is 18.6 Å². The third-order valence-electron chi connectivity index (χ3n) is 0.805. The Balaban J connectivity index is 2.20. The number of hydrogen-bond acceptors (Lipinski definition) is 2. The molecule has 1 aliphatic rings. The van der Waals surface area contributed by atoms with Crippen molar-refractivity contribution in [1.29, 1.82) is 0 Å². The molecule has 5 heavy (non-hydrogen) atoms. The van der Waals surface area contributed by atoms with Gasteiger partial charge in [0.1, 0.15) is 0 Å². The highest BCUT2D eigenvalue weighted by Crippen LogP contribution is 2.15. The first-order valence-corrected chi connectivity index (χ1v) is 1.74. The van der Waals surface area contributed by atoms with Crippen molar-refractivity contribution in [3.8, 4) is 0 Å². The molecule has 0 aromatic carbocycles. The summed E-state index contributed by atoms with van der Waals surface area (Å²) in [5.41, 5.74) is 5.12. The third kappa shape index (κ3) is 0.412. The maximum Gasteiger partial charge on any atom is 0.0707 e. The Morgan fingerprint density at radius 2 is 2.00 bits per heavy atom. The van der Waals surface area contributed by atoms with Crippen molar-refractivity contribution in [2.24, 2.45) is 5.73 Å². The number of aliphatic hydroxyl groups is 1. The van der Waals surface area contributed by atoms with Crippen molar-refractivity contribution < 1.29 is 5.11 Å². The maximum atomic E-state index is 8.31. The van der Waals surface area contributed by atoms with E-state index in [9.17, 15) is 0 Å². The van der Waals surface area contributed by atoms with Crippen LogP contribution in [0.25, 0.3) is 0 Å². The van der Waals surface area contributed by atoms with Gasteiger partial charge in [-0.15, -0.1) is 0 Å². The van der Waals surface area contributed by atoms with Crippen LogP contribution in [0.3, 0.4) is 0 Å². The molecule has 1 fully saturated rings. The summed E-state index contributed by atoms with van der Waals surface area (Å²) < 4.78 is 0. The highest BCUT2D eigenvalue weighted by molar-refractivity contribution is 4.89. The smallest absolute Gasteiger partial charge is 0.0707 e. The first-order chi connectivity index (χ1) is 2.30. The molecule has 1 aliphatic carbocycles. The fourth-order valence-corrected chi connectivity index (χ4v) is 0.200. The summed E-state index contributed by atoms with van der Waals surface area (Å²) in [5, 5.41) is 8.31. The van der Waals surface area contributed by atoms with Gasteiger partial charge in [-0.05, 0) is 6.42 Å². The minimum atomic E-state index is -0.171. The molecule has 0 heterocycles. The molecule has 0 unspecified atom stereocenters. The molecule has 0 bridgehead atoms. The Kier molecular flexibility index (Phi) is 0.436. The van der Waals surface area contributed by atoms with Gasteiger partial charge in [0.05, 0.1) is 6.10 Å². The SMILES string of the molecule is N[C@H]1C[C@H]1O. The summed E-state index contributed by atoms with van der Waals surface area (Å²) in [7, 11) is 0. The number of rotatable bonds is 0. The molecule has 2 heteroatoms. The fraction of sp³-hybridized carbons (Fsp3) is 1.00. The monoisotopic (exact) mass is 73.1 g/mol. The molecule has 2 nitrogen and oxygen atoms in total. The predicted molar refractivity (Wildman–Crippen MR) is 18.6 cm³/mol. The molecule has 2 atom stereocenters. The lowest BCUT2D eigenvalue weighted by Gasteiger charge is -1.70. The molecule has 3 N–H and O–H groups in total. The first-order valence-electron chi connectivity index (χ1n) is 1.74. The van der Waals surface area contributed by atoms with Crippen LogP contribution >= 0.6 is 0 Å². The van der Waals surface area contributed by atoms with Crippen molar-refractivity contribution in [2.75, 3.05) is 0 Å². The maximum absolute atomic E-state index is 8.31. The average Bonchev–Trinajstić information content (AvgIpc) is 1.79. The van der Waals surface area contributed by atoms with E-state index < -0.39 is 0 Å². The van der Waals surface area contributed by atoms with Gasteiger partial charge in [-0.25, -0.2) is 0 Å². The van der Waals surface area contributed by atoms with Gasteiger partial charge in [0.25, 0.3) is 0 Å². The van der Waals surface area contributed by atoms with Gasteiger partial charge in [0.2, 0.25) is 0 Å². The molecule has 0 aromatic rings. The first kappa shape index (κ1) is 3.12. The van der Waals surface area contributed by atoms with E-state index in [0.717, 1.165) is 6.42 Å². The van der Waals surface area contributed by atoms with Gasteiger partial charge in [-0.1, -0.05) is 0 Å². The molecule has 0 saturated heterocycles. The zero-order chi connectivity index (χ0) is 3.86. The quantitative estimate of drug-likeness (QED) is 0.389. The lowest BCUT2D eigenvalue weighted by atomic mass is 10.8. The molecular weight excluding hydrogens is 66.0 g/mol. The summed E-state index contributed by atoms with van der Waals surface area (Å²) in [6, 6.07) is 0.106. The van der Waals surface area contributed by atoms with Crippen LogP contribution < -0.4 is 5.73 Å². The second-order valence-corrected chi connectivity index (χ2v) is 1.47. The Labute approximate surface area is 30.6 Å². The normalized spacial score (nSPS) is 49.2. The largest absolute Gasteiger partial charge is 0.391 e. The molecule has 0 amide bonds. The highest BCUT2D eigenvalue weighted by Gasteiger charge is 2.30. The average molecular weight is 73.1 g/mol. The molecule has 1 saturated carbocycles. The fourth-order valence-electron chi connectivity index (χ4n) is 0.200. The Hall–Kier alpha value is -0.0800. The summed E-state index contributed by atoms with van der Waals surface area (Å²) in [6.45, 7) is 0. The zero-order valence-electron chi connectivity index (χ0n) is 2.89. The van der Waals surface area contributed by atoms with Gasteiger partial charge < -0.3 is 10.8 Å². The molecule has 0 spiro atoms. The molecule has 0 radical (unpaired) electrons. The number of aliphatic hydroxyl groups excluding tert-OH is 1. The van der Waals surface area contributed by atoms with Crippen molar-refractivity contribution >= 4 is 0 Å². The lowest BCUT2D eigenvalue weighted by molar-refractivity contribution is 0.272.